The van der Waals surface area contributed by atoms with Crippen molar-refractivity contribution in [2.75, 3.05) is 6.61 Å². The van der Waals surface area contributed by atoms with Gasteiger partial charge in [-0.1, -0.05) is 44.2 Å². The quantitative estimate of drug-likeness (QED) is 0.861. The molecule has 1 aliphatic rings. The van der Waals surface area contributed by atoms with Crippen molar-refractivity contribution in [1.29, 1.82) is 0 Å². The van der Waals surface area contributed by atoms with Crippen molar-refractivity contribution in [3.05, 3.63) is 53.6 Å². The Morgan fingerprint density at radius 3 is 2.38 bits per heavy atom. The third-order valence-electron chi connectivity index (χ3n) is 4.36. The van der Waals surface area contributed by atoms with Gasteiger partial charge in [-0.3, -0.25) is 0 Å². The highest BCUT2D eigenvalue weighted by atomic mass is 19.4. The second-order valence-corrected chi connectivity index (χ2v) is 6.49. The molecule has 2 aromatic rings. The standard InChI is InChI=1S/C19H19F3O2/c1-12(2)9-10-24-13-7-8-15-14-5-3-4-6-16(14)18(23,17(15)11-13)19(20,21)22/h3-8,11-12,23H,9-10H2,1-2H3. The summed E-state index contributed by atoms with van der Waals surface area (Å²) >= 11 is 0. The van der Waals surface area contributed by atoms with E-state index in [0.29, 0.717) is 29.4 Å². The first-order valence-electron chi connectivity index (χ1n) is 7.91. The maximum atomic E-state index is 13.7. The lowest BCUT2D eigenvalue weighted by molar-refractivity contribution is -0.246. The first-order chi connectivity index (χ1) is 11.2. The molecule has 24 heavy (non-hydrogen) atoms. The predicted octanol–water partition coefficient (Wildman–Crippen LogP) is 4.89. The van der Waals surface area contributed by atoms with Gasteiger partial charge in [-0.05, 0) is 35.6 Å². The van der Waals surface area contributed by atoms with E-state index in [2.05, 4.69) is 0 Å². The first kappa shape index (κ1) is 16.8. The van der Waals surface area contributed by atoms with Gasteiger partial charge in [0.25, 0.3) is 0 Å². The van der Waals surface area contributed by atoms with E-state index in [1.807, 2.05) is 13.8 Å². The monoisotopic (exact) mass is 336 g/mol. The van der Waals surface area contributed by atoms with E-state index < -0.39 is 11.8 Å². The van der Waals surface area contributed by atoms with Gasteiger partial charge in [0.15, 0.2) is 0 Å². The number of benzene rings is 2. The molecule has 0 amide bonds. The molecule has 0 radical (unpaired) electrons. The number of hydrogen-bond donors (Lipinski definition) is 1. The van der Waals surface area contributed by atoms with E-state index in [-0.39, 0.29) is 11.1 Å². The van der Waals surface area contributed by atoms with Crippen LogP contribution in [0.5, 0.6) is 5.75 Å². The summed E-state index contributed by atoms with van der Waals surface area (Å²) < 4.78 is 46.7. The summed E-state index contributed by atoms with van der Waals surface area (Å²) in [6, 6.07) is 10.6. The molecule has 0 saturated heterocycles. The fraction of sp³-hybridized carbons (Fsp3) is 0.368. The first-order valence-corrected chi connectivity index (χ1v) is 7.91. The van der Waals surface area contributed by atoms with Crippen molar-refractivity contribution in [3.63, 3.8) is 0 Å². The molecule has 0 spiro atoms. The van der Waals surface area contributed by atoms with Crippen LogP contribution in [0.3, 0.4) is 0 Å². The van der Waals surface area contributed by atoms with Crippen LogP contribution in [-0.2, 0) is 5.60 Å². The van der Waals surface area contributed by atoms with Crippen molar-refractivity contribution < 1.29 is 23.0 Å². The average molecular weight is 336 g/mol. The summed E-state index contributed by atoms with van der Waals surface area (Å²) in [6.07, 6.45) is -4.01. The summed E-state index contributed by atoms with van der Waals surface area (Å²) in [4.78, 5) is 0. The van der Waals surface area contributed by atoms with Gasteiger partial charge in [0.2, 0.25) is 5.60 Å². The summed E-state index contributed by atoms with van der Waals surface area (Å²) in [5, 5.41) is 10.6. The zero-order chi connectivity index (χ0) is 17.5. The Labute approximate surface area is 138 Å². The van der Waals surface area contributed by atoms with E-state index in [1.54, 1.807) is 24.3 Å². The number of rotatable bonds is 4. The van der Waals surface area contributed by atoms with Crippen molar-refractivity contribution >= 4 is 0 Å². The van der Waals surface area contributed by atoms with Crippen molar-refractivity contribution in [1.82, 2.24) is 0 Å². The van der Waals surface area contributed by atoms with Gasteiger partial charge in [-0.15, -0.1) is 0 Å². The molecule has 3 rings (SSSR count). The molecule has 0 fully saturated rings. The lowest BCUT2D eigenvalue weighted by Crippen LogP contribution is -2.41. The van der Waals surface area contributed by atoms with Crippen LogP contribution in [0.4, 0.5) is 13.2 Å². The van der Waals surface area contributed by atoms with E-state index >= 15 is 0 Å². The molecule has 2 aromatic carbocycles. The Morgan fingerprint density at radius 1 is 1.04 bits per heavy atom. The maximum absolute atomic E-state index is 13.7. The number of aliphatic hydroxyl groups is 1. The van der Waals surface area contributed by atoms with Crippen LogP contribution in [-0.4, -0.2) is 17.9 Å². The third-order valence-corrected chi connectivity index (χ3v) is 4.36. The van der Waals surface area contributed by atoms with Crippen LogP contribution in [0.2, 0.25) is 0 Å². The van der Waals surface area contributed by atoms with Gasteiger partial charge >= 0.3 is 6.18 Å². The SMILES string of the molecule is CC(C)CCOc1ccc2c(c1)C(O)(C(F)(F)F)c1ccccc1-2. The predicted molar refractivity (Wildman–Crippen MR) is 85.9 cm³/mol. The number of fused-ring (bicyclic) bond motifs is 3. The molecule has 1 atom stereocenters. The molecule has 0 aliphatic heterocycles. The zero-order valence-corrected chi connectivity index (χ0v) is 13.5. The molecular formula is C19H19F3O2. The topological polar surface area (TPSA) is 29.5 Å². The summed E-state index contributed by atoms with van der Waals surface area (Å²) in [5.74, 6) is 0.778. The Morgan fingerprint density at radius 2 is 1.71 bits per heavy atom. The zero-order valence-electron chi connectivity index (χ0n) is 13.5. The van der Waals surface area contributed by atoms with Gasteiger partial charge in [-0.25, -0.2) is 0 Å². The molecule has 1 unspecified atom stereocenters. The van der Waals surface area contributed by atoms with E-state index in [0.717, 1.165) is 6.42 Å². The summed E-state index contributed by atoms with van der Waals surface area (Å²) in [5.41, 5.74) is -2.51. The minimum absolute atomic E-state index is 0.133. The Bertz CT molecular complexity index is 753. The molecule has 128 valence electrons. The number of halogens is 3. The Kier molecular flexibility index (Phi) is 4.08. The number of alkyl halides is 3. The van der Waals surface area contributed by atoms with Crippen LogP contribution in [0.15, 0.2) is 42.5 Å². The van der Waals surface area contributed by atoms with Gasteiger partial charge in [-0.2, -0.15) is 13.2 Å². The van der Waals surface area contributed by atoms with Crippen molar-refractivity contribution in [2.24, 2.45) is 5.92 Å². The smallest absolute Gasteiger partial charge is 0.425 e. The van der Waals surface area contributed by atoms with Gasteiger partial charge in [0.1, 0.15) is 5.75 Å². The molecule has 0 saturated carbocycles. The average Bonchev–Trinajstić information content (AvgIpc) is 2.78. The molecule has 1 N–H and O–H groups in total. The highest BCUT2D eigenvalue weighted by Crippen LogP contribution is 2.55. The molecule has 1 aliphatic carbocycles. The second-order valence-electron chi connectivity index (χ2n) is 6.49. The minimum Gasteiger partial charge on any atom is -0.494 e. The molecule has 0 aromatic heterocycles. The molecule has 0 bridgehead atoms. The molecule has 0 heterocycles. The maximum Gasteiger partial charge on any atom is 0.425 e. The Hall–Kier alpha value is -2.01. The van der Waals surface area contributed by atoms with Crippen LogP contribution >= 0.6 is 0 Å². The lowest BCUT2D eigenvalue weighted by atomic mass is 9.90. The largest absolute Gasteiger partial charge is 0.494 e. The van der Waals surface area contributed by atoms with Crippen LogP contribution < -0.4 is 4.74 Å². The molecular weight excluding hydrogens is 317 g/mol. The lowest BCUT2D eigenvalue weighted by Gasteiger charge is -2.28. The van der Waals surface area contributed by atoms with Gasteiger partial charge in [0, 0.05) is 11.1 Å². The highest BCUT2D eigenvalue weighted by Gasteiger charge is 2.60. The molecule has 2 nitrogen and oxygen atoms in total. The normalized spacial score (nSPS) is 19.3. The van der Waals surface area contributed by atoms with Crippen LogP contribution in [0, 0.1) is 5.92 Å². The fourth-order valence-electron chi connectivity index (χ4n) is 3.04. The van der Waals surface area contributed by atoms with Crippen molar-refractivity contribution in [2.45, 2.75) is 32.0 Å². The van der Waals surface area contributed by atoms with Crippen molar-refractivity contribution in [3.8, 4) is 16.9 Å². The van der Waals surface area contributed by atoms with E-state index in [4.69, 9.17) is 4.74 Å². The van der Waals surface area contributed by atoms with Gasteiger partial charge < -0.3 is 9.84 Å². The third kappa shape index (κ3) is 2.57. The second kappa shape index (κ2) is 5.81. The summed E-state index contributed by atoms with van der Waals surface area (Å²) in [6.45, 7) is 4.52. The molecule has 5 heteroatoms. The van der Waals surface area contributed by atoms with Crippen LogP contribution in [0.25, 0.3) is 11.1 Å². The van der Waals surface area contributed by atoms with Crippen LogP contribution in [0.1, 0.15) is 31.4 Å². The van der Waals surface area contributed by atoms with E-state index in [9.17, 15) is 18.3 Å². The summed E-state index contributed by atoms with van der Waals surface area (Å²) in [7, 11) is 0. The number of hydrogen-bond acceptors (Lipinski definition) is 2. The minimum atomic E-state index is -4.81. The van der Waals surface area contributed by atoms with E-state index in [1.165, 1.54) is 18.2 Å². The highest BCUT2D eigenvalue weighted by molar-refractivity contribution is 5.81. The van der Waals surface area contributed by atoms with Gasteiger partial charge in [0.05, 0.1) is 6.61 Å². The number of ether oxygens (including phenoxy) is 1. The Balaban J connectivity index is 2.05. The fourth-order valence-corrected chi connectivity index (χ4v) is 3.04.